The number of rotatable bonds is 6. The largest absolute Gasteiger partial charge is 0.458 e. The molecule has 3 rings (SSSR count). The van der Waals surface area contributed by atoms with Crippen LogP contribution in [0.25, 0.3) is 16.6 Å². The molecule has 0 radical (unpaired) electrons. The number of esters is 1. The van der Waals surface area contributed by atoms with Crippen LogP contribution >= 0.6 is 0 Å². The lowest BCUT2D eigenvalue weighted by Crippen LogP contribution is -2.27. The summed E-state index contributed by atoms with van der Waals surface area (Å²) in [5, 5.41) is 0.514. The van der Waals surface area contributed by atoms with E-state index in [1.165, 1.54) is 4.57 Å². The Morgan fingerprint density at radius 3 is 2.37 bits per heavy atom. The van der Waals surface area contributed by atoms with Crippen LogP contribution in [-0.4, -0.2) is 27.9 Å². The van der Waals surface area contributed by atoms with Crippen LogP contribution in [0.4, 0.5) is 0 Å². The van der Waals surface area contributed by atoms with Gasteiger partial charge in [-0.05, 0) is 31.2 Å². The highest BCUT2D eigenvalue weighted by Crippen LogP contribution is 2.16. The molecule has 0 saturated carbocycles. The van der Waals surface area contributed by atoms with E-state index < -0.39 is 11.4 Å². The number of nitrogens with zero attached hydrogens (tertiary/aromatic N) is 2. The molecule has 0 bridgehead atoms. The normalized spacial score (nSPS) is 11.5. The Kier molecular flexibility index (Phi) is 6.15. The van der Waals surface area contributed by atoms with Gasteiger partial charge in [0.1, 0.15) is 5.82 Å². The van der Waals surface area contributed by atoms with Gasteiger partial charge in [-0.2, -0.15) is 0 Å². The van der Waals surface area contributed by atoms with Crippen molar-refractivity contribution in [2.75, 3.05) is 6.61 Å². The van der Waals surface area contributed by atoms with Crippen LogP contribution in [0.5, 0.6) is 0 Å². The summed E-state index contributed by atoms with van der Waals surface area (Å²) in [7, 11) is 0. The van der Waals surface area contributed by atoms with Crippen LogP contribution in [0.2, 0.25) is 0 Å². The Hall–Kier alpha value is -3.28. The van der Waals surface area contributed by atoms with Gasteiger partial charge in [-0.1, -0.05) is 50.6 Å². The molecule has 6 nitrogen and oxygen atoms in total. The summed E-state index contributed by atoms with van der Waals surface area (Å²) in [6.07, 6.45) is 0.241. The first-order valence-electron chi connectivity index (χ1n) is 9.93. The molecule has 0 N–H and O–H groups in total. The Morgan fingerprint density at radius 2 is 1.70 bits per heavy atom. The predicted molar refractivity (Wildman–Crippen MR) is 116 cm³/mol. The molecule has 0 spiro atoms. The third-order valence-corrected chi connectivity index (χ3v) is 4.89. The topological polar surface area (TPSA) is 78.3 Å². The molecule has 0 aliphatic rings. The lowest BCUT2D eigenvalue weighted by Gasteiger charge is -2.16. The first kappa shape index (κ1) is 21.4. The fraction of sp³-hybridized carbons (Fsp3) is 0.333. The molecule has 30 heavy (non-hydrogen) atoms. The van der Waals surface area contributed by atoms with Crippen molar-refractivity contribution in [3.8, 4) is 5.69 Å². The SMILES string of the molecule is Cc1ccc(-n2c(CCC(=O)OCC(=O)C(C)(C)C)nc3ccccc3c2=O)cc1. The first-order chi connectivity index (χ1) is 14.2. The fourth-order valence-electron chi connectivity index (χ4n) is 2.96. The summed E-state index contributed by atoms with van der Waals surface area (Å²) in [5.74, 6) is -0.164. The number of ketones is 1. The highest BCUT2D eigenvalue weighted by atomic mass is 16.5. The van der Waals surface area contributed by atoms with E-state index in [0.29, 0.717) is 22.4 Å². The molecule has 2 aromatic carbocycles. The molecular formula is C24H26N2O4. The first-order valence-corrected chi connectivity index (χ1v) is 9.93. The van der Waals surface area contributed by atoms with Crippen molar-refractivity contribution < 1.29 is 14.3 Å². The Labute approximate surface area is 175 Å². The number of hydrogen-bond acceptors (Lipinski definition) is 5. The monoisotopic (exact) mass is 406 g/mol. The smallest absolute Gasteiger partial charge is 0.306 e. The molecule has 6 heteroatoms. The maximum Gasteiger partial charge on any atom is 0.306 e. The number of Topliss-reactive ketones (excluding diaryl/α,β-unsaturated/α-hetero) is 1. The van der Waals surface area contributed by atoms with E-state index in [0.717, 1.165) is 5.56 Å². The summed E-state index contributed by atoms with van der Waals surface area (Å²) in [4.78, 5) is 42.0. The van der Waals surface area contributed by atoms with Gasteiger partial charge in [0.25, 0.3) is 5.56 Å². The average Bonchev–Trinajstić information content (AvgIpc) is 2.71. The van der Waals surface area contributed by atoms with Crippen molar-refractivity contribution in [3.05, 3.63) is 70.3 Å². The molecule has 3 aromatic rings. The molecule has 0 aliphatic heterocycles. The van der Waals surface area contributed by atoms with Crippen molar-refractivity contribution in [1.29, 1.82) is 0 Å². The summed E-state index contributed by atoms with van der Waals surface area (Å²) < 4.78 is 6.66. The van der Waals surface area contributed by atoms with E-state index in [2.05, 4.69) is 4.98 Å². The molecule has 0 fully saturated rings. The van der Waals surface area contributed by atoms with Gasteiger partial charge >= 0.3 is 5.97 Å². The predicted octanol–water partition coefficient (Wildman–Crippen LogP) is 3.79. The van der Waals surface area contributed by atoms with Crippen LogP contribution in [0.15, 0.2) is 53.3 Å². The van der Waals surface area contributed by atoms with Crippen molar-refractivity contribution in [2.45, 2.75) is 40.5 Å². The maximum atomic E-state index is 13.2. The van der Waals surface area contributed by atoms with Gasteiger partial charge in [-0.15, -0.1) is 0 Å². The van der Waals surface area contributed by atoms with Gasteiger partial charge in [-0.3, -0.25) is 19.0 Å². The van der Waals surface area contributed by atoms with Crippen molar-refractivity contribution in [3.63, 3.8) is 0 Å². The highest BCUT2D eigenvalue weighted by molar-refractivity contribution is 5.86. The fourth-order valence-corrected chi connectivity index (χ4v) is 2.96. The number of benzene rings is 2. The summed E-state index contributed by atoms with van der Waals surface area (Å²) in [6.45, 7) is 7.06. The van der Waals surface area contributed by atoms with Crippen molar-refractivity contribution >= 4 is 22.7 Å². The van der Waals surface area contributed by atoms with Gasteiger partial charge in [0, 0.05) is 11.8 Å². The zero-order chi connectivity index (χ0) is 21.9. The number of fused-ring (bicyclic) bond motifs is 1. The lowest BCUT2D eigenvalue weighted by atomic mass is 9.91. The van der Waals surface area contributed by atoms with Crippen LogP contribution in [-0.2, 0) is 20.7 Å². The van der Waals surface area contributed by atoms with Crippen LogP contribution < -0.4 is 5.56 Å². The number of aromatic nitrogens is 2. The van der Waals surface area contributed by atoms with Gasteiger partial charge < -0.3 is 4.74 Å². The minimum atomic E-state index is -0.563. The number of carbonyl (C=O) groups is 2. The van der Waals surface area contributed by atoms with Gasteiger partial charge in [0.15, 0.2) is 12.4 Å². The van der Waals surface area contributed by atoms with Crippen LogP contribution in [0, 0.1) is 12.3 Å². The standard InChI is InChI=1S/C24H26N2O4/c1-16-9-11-17(12-10-16)26-21(25-19-8-6-5-7-18(19)23(26)29)13-14-22(28)30-15-20(27)24(2,3)4/h5-12H,13-15H2,1-4H3. The van der Waals surface area contributed by atoms with E-state index >= 15 is 0 Å². The third-order valence-electron chi connectivity index (χ3n) is 4.89. The van der Waals surface area contributed by atoms with Gasteiger partial charge in [0.2, 0.25) is 0 Å². The Bertz CT molecular complexity index is 1140. The zero-order valence-electron chi connectivity index (χ0n) is 17.8. The molecule has 156 valence electrons. The lowest BCUT2D eigenvalue weighted by molar-refractivity contribution is -0.150. The molecule has 0 atom stereocenters. The van der Waals surface area contributed by atoms with Crippen LogP contribution in [0.3, 0.4) is 0 Å². The number of para-hydroxylation sites is 1. The second-order valence-electron chi connectivity index (χ2n) is 8.36. The van der Waals surface area contributed by atoms with Crippen molar-refractivity contribution in [2.24, 2.45) is 5.41 Å². The molecule has 0 aliphatic carbocycles. The molecule has 0 saturated heterocycles. The Balaban J connectivity index is 1.88. The minimum absolute atomic E-state index is 0.0219. The van der Waals surface area contributed by atoms with E-state index in [9.17, 15) is 14.4 Å². The molecular weight excluding hydrogens is 380 g/mol. The summed E-state index contributed by atoms with van der Waals surface area (Å²) in [6, 6.07) is 14.7. The minimum Gasteiger partial charge on any atom is -0.458 e. The highest BCUT2D eigenvalue weighted by Gasteiger charge is 2.22. The van der Waals surface area contributed by atoms with Gasteiger partial charge in [-0.25, -0.2) is 4.98 Å². The third kappa shape index (κ3) is 4.82. The van der Waals surface area contributed by atoms with Crippen LogP contribution in [0.1, 0.15) is 38.6 Å². The van der Waals surface area contributed by atoms with E-state index in [4.69, 9.17) is 4.74 Å². The number of aryl methyl sites for hydroxylation is 2. The summed E-state index contributed by atoms with van der Waals surface area (Å²) in [5.41, 5.74) is 1.60. The van der Waals surface area contributed by atoms with Crippen molar-refractivity contribution in [1.82, 2.24) is 9.55 Å². The van der Waals surface area contributed by atoms with E-state index in [-0.39, 0.29) is 30.8 Å². The second kappa shape index (κ2) is 8.61. The second-order valence-corrected chi connectivity index (χ2v) is 8.36. The molecule has 1 aromatic heterocycles. The average molecular weight is 406 g/mol. The Morgan fingerprint density at radius 1 is 1.03 bits per heavy atom. The quantitative estimate of drug-likeness (QED) is 0.582. The van der Waals surface area contributed by atoms with Gasteiger partial charge in [0.05, 0.1) is 23.0 Å². The molecule has 1 heterocycles. The number of ether oxygens (including phenoxy) is 1. The summed E-state index contributed by atoms with van der Waals surface area (Å²) >= 11 is 0. The molecule has 0 unspecified atom stereocenters. The molecule has 0 amide bonds. The number of carbonyl (C=O) groups excluding carboxylic acids is 2. The van der Waals surface area contributed by atoms with E-state index in [1.54, 1.807) is 39.0 Å². The zero-order valence-corrected chi connectivity index (χ0v) is 17.8. The maximum absolute atomic E-state index is 13.2. The van der Waals surface area contributed by atoms with E-state index in [1.807, 2.05) is 37.3 Å². The number of hydrogen-bond donors (Lipinski definition) is 0.